The molecule has 0 unspecified atom stereocenters. The maximum absolute atomic E-state index is 13.9. The van der Waals surface area contributed by atoms with E-state index < -0.39 is 5.82 Å². The number of carbonyl (C=O) groups excluding carboxylic acids is 1. The van der Waals surface area contributed by atoms with Crippen molar-refractivity contribution >= 4 is 23.2 Å². The zero-order valence-electron chi connectivity index (χ0n) is 15.9. The molecule has 4 aliphatic rings. The topological polar surface area (TPSA) is 29.1 Å². The van der Waals surface area contributed by atoms with Gasteiger partial charge in [0.2, 0.25) is 5.91 Å². The minimum absolute atomic E-state index is 0.000267. The normalized spacial score (nSPS) is 30.4. The van der Waals surface area contributed by atoms with Gasteiger partial charge in [-0.25, -0.2) is 4.39 Å². The SMILES string of the molecule is O=C(Cc1ccc(Cl)cc1F)Nc1ccc(C23CC4CC(CC(C4)C2)C3)cc1. The Hall–Kier alpha value is -1.87. The number of carbonyl (C=O) groups is 1. The molecule has 2 aromatic carbocycles. The zero-order chi connectivity index (χ0) is 19.3. The van der Waals surface area contributed by atoms with Gasteiger partial charge in [-0.05, 0) is 97.1 Å². The summed E-state index contributed by atoms with van der Waals surface area (Å²) in [7, 11) is 0. The Bertz CT molecular complexity index is 872. The molecule has 1 amide bonds. The summed E-state index contributed by atoms with van der Waals surface area (Å²) in [6, 6.07) is 12.8. The van der Waals surface area contributed by atoms with E-state index in [9.17, 15) is 9.18 Å². The summed E-state index contributed by atoms with van der Waals surface area (Å²) in [5, 5.41) is 3.23. The zero-order valence-corrected chi connectivity index (χ0v) is 16.6. The molecule has 4 saturated carbocycles. The van der Waals surface area contributed by atoms with Crippen LogP contribution in [0.2, 0.25) is 5.02 Å². The molecule has 1 N–H and O–H groups in total. The third-order valence-electron chi connectivity index (χ3n) is 7.19. The van der Waals surface area contributed by atoms with Crippen LogP contribution in [0, 0.1) is 23.6 Å². The number of halogens is 2. The van der Waals surface area contributed by atoms with E-state index >= 15 is 0 Å². The number of hydrogen-bond acceptors (Lipinski definition) is 1. The molecular weight excluding hydrogens is 373 g/mol. The van der Waals surface area contributed by atoms with Crippen molar-refractivity contribution in [3.05, 3.63) is 64.4 Å². The van der Waals surface area contributed by atoms with E-state index in [1.807, 2.05) is 12.1 Å². The summed E-state index contributed by atoms with van der Waals surface area (Å²) < 4.78 is 13.9. The summed E-state index contributed by atoms with van der Waals surface area (Å²) in [6.45, 7) is 0. The van der Waals surface area contributed by atoms with Crippen LogP contribution in [0.1, 0.15) is 49.7 Å². The smallest absolute Gasteiger partial charge is 0.228 e. The maximum atomic E-state index is 13.9. The number of anilines is 1. The lowest BCUT2D eigenvalue weighted by Gasteiger charge is -2.57. The van der Waals surface area contributed by atoms with E-state index in [1.54, 1.807) is 12.1 Å². The molecule has 0 radical (unpaired) electrons. The molecule has 0 aliphatic heterocycles. The Labute approximate surface area is 170 Å². The summed E-state index contributed by atoms with van der Waals surface area (Å²) in [5.74, 6) is 2.09. The summed E-state index contributed by atoms with van der Waals surface area (Å²) in [4.78, 5) is 12.3. The lowest BCUT2D eigenvalue weighted by molar-refractivity contribution is -0.115. The molecule has 0 heterocycles. The van der Waals surface area contributed by atoms with Crippen molar-refractivity contribution in [2.75, 3.05) is 5.32 Å². The Morgan fingerprint density at radius 3 is 2.18 bits per heavy atom. The van der Waals surface area contributed by atoms with Gasteiger partial charge < -0.3 is 5.32 Å². The van der Waals surface area contributed by atoms with Crippen molar-refractivity contribution in [2.45, 2.75) is 50.4 Å². The van der Waals surface area contributed by atoms with Crippen LogP contribution < -0.4 is 5.32 Å². The second-order valence-corrected chi connectivity index (χ2v) is 9.67. The van der Waals surface area contributed by atoms with Crippen LogP contribution in [0.4, 0.5) is 10.1 Å². The van der Waals surface area contributed by atoms with E-state index in [2.05, 4.69) is 17.4 Å². The largest absolute Gasteiger partial charge is 0.326 e. The number of nitrogens with one attached hydrogen (secondary N) is 1. The van der Waals surface area contributed by atoms with Gasteiger partial charge in [-0.3, -0.25) is 4.79 Å². The van der Waals surface area contributed by atoms with Crippen LogP contribution in [-0.4, -0.2) is 5.91 Å². The van der Waals surface area contributed by atoms with Gasteiger partial charge >= 0.3 is 0 Å². The molecule has 4 bridgehead atoms. The fourth-order valence-corrected chi connectivity index (χ4v) is 6.57. The predicted octanol–water partition coefficient (Wildman–Crippen LogP) is 6.13. The fraction of sp³-hybridized carbons (Fsp3) is 0.458. The van der Waals surface area contributed by atoms with Crippen LogP contribution in [-0.2, 0) is 16.6 Å². The van der Waals surface area contributed by atoms with E-state index in [4.69, 9.17) is 11.6 Å². The van der Waals surface area contributed by atoms with Gasteiger partial charge in [-0.1, -0.05) is 29.8 Å². The van der Waals surface area contributed by atoms with Gasteiger partial charge in [-0.15, -0.1) is 0 Å². The summed E-state index contributed by atoms with van der Waals surface area (Å²) in [5.41, 5.74) is 2.93. The summed E-state index contributed by atoms with van der Waals surface area (Å²) >= 11 is 5.77. The molecule has 0 spiro atoms. The average Bonchev–Trinajstić information content (AvgIpc) is 2.63. The highest BCUT2D eigenvalue weighted by Crippen LogP contribution is 2.60. The van der Waals surface area contributed by atoms with Crippen LogP contribution in [0.5, 0.6) is 0 Å². The van der Waals surface area contributed by atoms with Crippen molar-refractivity contribution in [1.29, 1.82) is 0 Å². The van der Waals surface area contributed by atoms with Crippen LogP contribution in [0.15, 0.2) is 42.5 Å². The molecule has 2 nitrogen and oxygen atoms in total. The van der Waals surface area contributed by atoms with E-state index in [0.29, 0.717) is 16.0 Å². The van der Waals surface area contributed by atoms with Crippen molar-refractivity contribution in [2.24, 2.45) is 17.8 Å². The minimum Gasteiger partial charge on any atom is -0.326 e. The lowest BCUT2D eigenvalue weighted by Crippen LogP contribution is -2.48. The number of benzene rings is 2. The minimum atomic E-state index is -0.445. The van der Waals surface area contributed by atoms with Gasteiger partial charge in [0.1, 0.15) is 5.82 Å². The number of rotatable bonds is 4. The van der Waals surface area contributed by atoms with Crippen LogP contribution in [0.3, 0.4) is 0 Å². The standard InChI is InChI=1S/C24H25ClFNO/c25-20-4-1-18(22(26)11-20)10-23(28)27-21-5-2-19(3-6-21)24-12-15-7-16(13-24)9-17(8-15)14-24/h1-6,11,15-17H,7-10,12-14H2,(H,27,28). The third kappa shape index (κ3) is 3.34. The molecule has 146 valence electrons. The lowest BCUT2D eigenvalue weighted by atomic mass is 9.48. The van der Waals surface area contributed by atoms with Gasteiger partial charge in [0.25, 0.3) is 0 Å². The molecule has 4 fully saturated rings. The van der Waals surface area contributed by atoms with Crippen molar-refractivity contribution in [3.8, 4) is 0 Å². The van der Waals surface area contributed by atoms with Crippen molar-refractivity contribution in [3.63, 3.8) is 0 Å². The molecule has 6 rings (SSSR count). The Balaban J connectivity index is 1.27. The molecule has 28 heavy (non-hydrogen) atoms. The van der Waals surface area contributed by atoms with Crippen LogP contribution >= 0.6 is 11.6 Å². The van der Waals surface area contributed by atoms with Gasteiger partial charge in [-0.2, -0.15) is 0 Å². The first-order valence-electron chi connectivity index (χ1n) is 10.3. The summed E-state index contributed by atoms with van der Waals surface area (Å²) in [6.07, 6.45) is 8.32. The molecule has 0 atom stereocenters. The van der Waals surface area contributed by atoms with Gasteiger partial charge in [0.15, 0.2) is 0 Å². The first kappa shape index (κ1) is 18.2. The average molecular weight is 398 g/mol. The highest BCUT2D eigenvalue weighted by Gasteiger charge is 2.51. The second-order valence-electron chi connectivity index (χ2n) is 9.24. The first-order valence-corrected chi connectivity index (χ1v) is 10.7. The molecule has 4 heteroatoms. The van der Waals surface area contributed by atoms with Crippen molar-refractivity contribution < 1.29 is 9.18 Å². The van der Waals surface area contributed by atoms with Crippen LogP contribution in [0.25, 0.3) is 0 Å². The fourth-order valence-electron chi connectivity index (χ4n) is 6.41. The first-order chi connectivity index (χ1) is 13.5. The van der Waals surface area contributed by atoms with Gasteiger partial charge in [0.05, 0.1) is 6.42 Å². The number of hydrogen-bond donors (Lipinski definition) is 1. The quantitative estimate of drug-likeness (QED) is 0.660. The number of amides is 1. The van der Waals surface area contributed by atoms with Gasteiger partial charge in [0, 0.05) is 10.7 Å². The molecular formula is C24H25ClFNO. The Morgan fingerprint density at radius 2 is 1.61 bits per heavy atom. The Kier molecular flexibility index (Phi) is 4.46. The highest BCUT2D eigenvalue weighted by molar-refractivity contribution is 6.30. The van der Waals surface area contributed by atoms with E-state index in [1.165, 1.54) is 50.2 Å². The molecule has 2 aromatic rings. The van der Waals surface area contributed by atoms with E-state index in [0.717, 1.165) is 23.4 Å². The Morgan fingerprint density at radius 1 is 1.00 bits per heavy atom. The highest BCUT2D eigenvalue weighted by atomic mass is 35.5. The van der Waals surface area contributed by atoms with E-state index in [-0.39, 0.29) is 12.3 Å². The predicted molar refractivity (Wildman–Crippen MR) is 110 cm³/mol. The third-order valence-corrected chi connectivity index (χ3v) is 7.42. The monoisotopic (exact) mass is 397 g/mol. The maximum Gasteiger partial charge on any atom is 0.228 e. The molecule has 4 aliphatic carbocycles. The second kappa shape index (κ2) is 6.88. The van der Waals surface area contributed by atoms with Crippen molar-refractivity contribution in [1.82, 2.24) is 0 Å². The molecule has 0 aromatic heterocycles. The molecule has 0 saturated heterocycles.